The molecular weight excluding hydrogens is 610 g/mol. The number of unbranched alkanes of at least 4 members (excludes halogenated alkanes) is 5. The summed E-state index contributed by atoms with van der Waals surface area (Å²) >= 11 is 1.13. The molecule has 1 atom stereocenters. The van der Waals surface area contributed by atoms with Gasteiger partial charge in [0.1, 0.15) is 0 Å². The van der Waals surface area contributed by atoms with E-state index in [-0.39, 0.29) is 19.3 Å². The van der Waals surface area contributed by atoms with Gasteiger partial charge in [-0.05, 0) is 12.8 Å². The third kappa shape index (κ3) is 7.39. The zero-order valence-electron chi connectivity index (χ0n) is 16.6. The van der Waals surface area contributed by atoms with E-state index in [1.807, 2.05) is 0 Å². The van der Waals surface area contributed by atoms with Gasteiger partial charge in [-0.2, -0.15) is 57.1 Å². The molecule has 0 fully saturated rings. The van der Waals surface area contributed by atoms with Crippen LogP contribution in [0, 0.1) is 0 Å². The van der Waals surface area contributed by atoms with Gasteiger partial charge in [0.05, 0.1) is 0 Å². The van der Waals surface area contributed by atoms with Gasteiger partial charge < -0.3 is 5.11 Å². The predicted octanol–water partition coefficient (Wildman–Crippen LogP) is 8.12. The molecule has 0 saturated heterocycles. The first-order valence-electron chi connectivity index (χ1n) is 9.38. The van der Waals surface area contributed by atoms with Gasteiger partial charge in [-0.25, -0.2) is 0 Å². The highest BCUT2D eigenvalue weighted by Crippen LogP contribution is 2.61. The van der Waals surface area contributed by atoms with Crippen LogP contribution in [0.4, 0.5) is 57.1 Å². The van der Waals surface area contributed by atoms with Gasteiger partial charge in [0, 0.05) is 16.8 Å². The summed E-state index contributed by atoms with van der Waals surface area (Å²) in [5, 5.41) is 8.44. The summed E-state index contributed by atoms with van der Waals surface area (Å²) < 4.78 is 168. The summed E-state index contributed by atoms with van der Waals surface area (Å²) in [5.74, 6) is -37.6. The lowest BCUT2D eigenvalue weighted by Gasteiger charge is -2.40. The average Bonchev–Trinajstić information content (AvgIpc) is 2.61. The van der Waals surface area contributed by atoms with Crippen molar-refractivity contribution in [2.24, 2.45) is 0 Å². The van der Waals surface area contributed by atoms with Crippen molar-refractivity contribution >= 4 is 28.6 Å². The largest absolute Gasteiger partial charge is 0.481 e. The Hall–Kier alpha value is -0.710. The average molecular weight is 630 g/mol. The lowest BCUT2D eigenvalue weighted by Crippen LogP contribution is -2.70. The minimum atomic E-state index is -7.87. The second kappa shape index (κ2) is 11.4. The van der Waals surface area contributed by atoms with E-state index in [1.54, 1.807) is 0 Å². The first kappa shape index (κ1) is 32.3. The molecule has 0 radical (unpaired) electrons. The van der Waals surface area contributed by atoms with Crippen LogP contribution in [0.2, 0.25) is 0 Å². The van der Waals surface area contributed by atoms with Crippen molar-refractivity contribution < 1.29 is 67.0 Å². The fourth-order valence-corrected chi connectivity index (χ4v) is 3.65. The Bertz CT molecular complexity index is 635. The van der Waals surface area contributed by atoms with Crippen LogP contribution in [0.15, 0.2) is 0 Å². The van der Waals surface area contributed by atoms with Crippen LogP contribution >= 0.6 is 22.6 Å². The number of rotatable bonds is 15. The Morgan fingerprint density at radius 3 is 1.45 bits per heavy atom. The number of hydrogen-bond donors (Lipinski definition) is 1. The molecule has 0 aromatic rings. The number of alkyl halides is 14. The van der Waals surface area contributed by atoms with E-state index in [0.717, 1.165) is 22.6 Å². The second-order valence-corrected chi connectivity index (χ2v) is 9.12. The smallest absolute Gasteiger partial charge is 0.460 e. The molecule has 2 nitrogen and oxygen atoms in total. The number of carboxylic acid groups (broad SMARTS) is 1. The van der Waals surface area contributed by atoms with Gasteiger partial charge in [0.25, 0.3) is 0 Å². The van der Waals surface area contributed by atoms with Crippen molar-refractivity contribution in [3.05, 3.63) is 0 Å². The molecule has 16 heteroatoms. The summed E-state index contributed by atoms with van der Waals surface area (Å²) in [6.45, 7) is 0. The lowest BCUT2D eigenvalue weighted by atomic mass is 9.91. The lowest BCUT2D eigenvalue weighted by molar-refractivity contribution is -0.440. The SMILES string of the molecule is O=C(O)CCCCCCCCC(I)CC(F)(F)C(F)(F)C(F)(F)C(F)(F)C(F)(F)C(F)(F)F. The topological polar surface area (TPSA) is 37.3 Å². The van der Waals surface area contributed by atoms with Crippen molar-refractivity contribution in [1.82, 2.24) is 0 Å². The van der Waals surface area contributed by atoms with Gasteiger partial charge in [0.2, 0.25) is 0 Å². The van der Waals surface area contributed by atoms with Crippen molar-refractivity contribution in [3.63, 3.8) is 0 Å². The molecule has 0 saturated carbocycles. The maximum atomic E-state index is 13.8. The first-order chi connectivity index (χ1) is 14.6. The maximum absolute atomic E-state index is 13.8. The summed E-state index contributed by atoms with van der Waals surface area (Å²) in [5.41, 5.74) is 0. The van der Waals surface area contributed by atoms with Crippen molar-refractivity contribution in [1.29, 1.82) is 0 Å². The molecule has 0 aliphatic carbocycles. The minimum Gasteiger partial charge on any atom is -0.481 e. The Morgan fingerprint density at radius 2 is 1.03 bits per heavy atom. The van der Waals surface area contributed by atoms with E-state index >= 15 is 0 Å². The Kier molecular flexibility index (Phi) is 11.1. The van der Waals surface area contributed by atoms with Gasteiger partial charge in [-0.15, -0.1) is 0 Å². The zero-order valence-corrected chi connectivity index (χ0v) is 18.7. The molecule has 1 unspecified atom stereocenters. The van der Waals surface area contributed by atoms with E-state index in [1.165, 1.54) is 0 Å². The van der Waals surface area contributed by atoms with E-state index < -0.39 is 52.1 Å². The highest BCUT2D eigenvalue weighted by atomic mass is 127. The van der Waals surface area contributed by atoms with Gasteiger partial charge in [-0.1, -0.05) is 54.7 Å². The summed E-state index contributed by atoms with van der Waals surface area (Å²) in [4.78, 5) is 10.3. The number of carboxylic acids is 1. The molecule has 198 valence electrons. The fraction of sp³-hybridized carbons (Fsp3) is 0.941. The number of carbonyl (C=O) groups is 1. The molecule has 0 aliphatic rings. The maximum Gasteiger partial charge on any atom is 0.460 e. The Labute approximate surface area is 193 Å². The van der Waals surface area contributed by atoms with Gasteiger partial charge in [-0.3, -0.25) is 4.79 Å². The quantitative estimate of drug-likeness (QED) is 0.0860. The fourth-order valence-electron chi connectivity index (χ4n) is 2.66. The summed E-state index contributed by atoms with van der Waals surface area (Å²) in [6.07, 6.45) is -7.51. The normalized spacial score (nSPS) is 15.6. The number of hydrogen-bond acceptors (Lipinski definition) is 1. The monoisotopic (exact) mass is 630 g/mol. The molecule has 0 spiro atoms. The molecule has 0 aromatic heterocycles. The van der Waals surface area contributed by atoms with Crippen LogP contribution in [0.25, 0.3) is 0 Å². The van der Waals surface area contributed by atoms with E-state index in [0.29, 0.717) is 32.1 Å². The van der Waals surface area contributed by atoms with Crippen LogP contribution in [0.3, 0.4) is 0 Å². The standard InChI is InChI=1S/C17H20F13IO2/c18-12(19,9-10(31)7-5-3-1-2-4-6-8-11(32)33)13(20,21)14(22,23)15(24,25)16(26,27)17(28,29)30/h10H,1-9H2,(H,32,33). The molecular formula is C17H20F13IO2. The summed E-state index contributed by atoms with van der Waals surface area (Å²) in [6, 6.07) is 0. The van der Waals surface area contributed by atoms with Crippen LogP contribution in [0.5, 0.6) is 0 Å². The first-order valence-corrected chi connectivity index (χ1v) is 10.6. The molecule has 0 bridgehead atoms. The van der Waals surface area contributed by atoms with Crippen molar-refractivity contribution in [2.75, 3.05) is 0 Å². The predicted molar refractivity (Wildman–Crippen MR) is 97.8 cm³/mol. The van der Waals surface area contributed by atoms with Gasteiger partial charge in [0.15, 0.2) is 0 Å². The number of aliphatic carboxylic acids is 1. The molecule has 1 N–H and O–H groups in total. The second-order valence-electron chi connectivity index (χ2n) is 7.35. The molecule has 0 heterocycles. The van der Waals surface area contributed by atoms with Gasteiger partial charge >= 0.3 is 41.8 Å². The van der Waals surface area contributed by atoms with Crippen LogP contribution in [-0.2, 0) is 4.79 Å². The molecule has 0 rings (SSSR count). The molecule has 0 amide bonds. The van der Waals surface area contributed by atoms with Crippen LogP contribution in [0.1, 0.15) is 57.8 Å². The number of halogens is 14. The minimum absolute atomic E-state index is 0.0578. The molecule has 0 aliphatic heterocycles. The van der Waals surface area contributed by atoms with E-state index in [9.17, 15) is 61.9 Å². The van der Waals surface area contributed by atoms with E-state index in [2.05, 4.69) is 0 Å². The summed E-state index contributed by atoms with van der Waals surface area (Å²) in [7, 11) is 0. The third-order valence-corrected chi connectivity index (χ3v) is 5.70. The van der Waals surface area contributed by atoms with E-state index in [4.69, 9.17) is 5.11 Å². The Balaban J connectivity index is 5.08. The highest BCUT2D eigenvalue weighted by Gasteiger charge is 2.90. The zero-order chi connectivity index (χ0) is 26.5. The van der Waals surface area contributed by atoms with Crippen LogP contribution in [-0.4, -0.2) is 50.8 Å². The molecule has 0 aromatic carbocycles. The third-order valence-electron chi connectivity index (χ3n) is 4.63. The van der Waals surface area contributed by atoms with Crippen molar-refractivity contribution in [2.45, 2.75) is 97.5 Å². The van der Waals surface area contributed by atoms with Crippen LogP contribution < -0.4 is 0 Å². The highest BCUT2D eigenvalue weighted by molar-refractivity contribution is 14.1. The van der Waals surface area contributed by atoms with Crippen molar-refractivity contribution in [3.8, 4) is 0 Å². The molecule has 33 heavy (non-hydrogen) atoms. The Morgan fingerprint density at radius 1 is 0.636 bits per heavy atom.